The summed E-state index contributed by atoms with van der Waals surface area (Å²) in [4.78, 5) is 18.7. The van der Waals surface area contributed by atoms with Gasteiger partial charge in [0.2, 0.25) is 11.1 Å². The molecule has 0 bridgehead atoms. The highest BCUT2D eigenvalue weighted by atomic mass is 79.9. The number of anilines is 1. The van der Waals surface area contributed by atoms with Gasteiger partial charge in [0.1, 0.15) is 12.1 Å². The van der Waals surface area contributed by atoms with E-state index in [1.165, 1.54) is 12.0 Å². The number of nitrogens with zero attached hydrogens (tertiary/aromatic N) is 3. The lowest BCUT2D eigenvalue weighted by molar-refractivity contribution is -0.146. The summed E-state index contributed by atoms with van der Waals surface area (Å²) in [5.41, 5.74) is 3.24. The maximum absolute atomic E-state index is 13.9. The zero-order valence-corrected chi connectivity index (χ0v) is 26.9. The topological polar surface area (TPSA) is 87.5 Å². The van der Waals surface area contributed by atoms with E-state index >= 15 is 0 Å². The summed E-state index contributed by atoms with van der Waals surface area (Å²) >= 11 is 5.29. The maximum atomic E-state index is 13.9. The molecule has 1 aliphatic heterocycles. The van der Waals surface area contributed by atoms with Gasteiger partial charge in [-0.3, -0.25) is 0 Å². The molecule has 0 amide bonds. The number of aromatic nitrogens is 3. The second-order valence-corrected chi connectivity index (χ2v) is 12.4. The molecule has 224 valence electrons. The molecule has 1 saturated carbocycles. The fourth-order valence-electron chi connectivity index (χ4n) is 5.35. The van der Waals surface area contributed by atoms with Crippen LogP contribution >= 0.6 is 27.7 Å². The van der Waals surface area contributed by atoms with Crippen LogP contribution in [0.25, 0.3) is 0 Å². The molecule has 1 unspecified atom stereocenters. The lowest BCUT2D eigenvalue weighted by Gasteiger charge is -2.30. The molecular weight excluding hydrogens is 616 g/mol. The summed E-state index contributed by atoms with van der Waals surface area (Å²) in [5, 5.41) is 8.87. The molecule has 1 fully saturated rings. The molecule has 1 aromatic heterocycles. The number of rotatable bonds is 12. The van der Waals surface area contributed by atoms with E-state index in [1.54, 1.807) is 16.4 Å². The SMILES string of the molecule is CCCCOc1c(Br)cc(C2C(C(=O)OC3CCCCC3)=C(C)Nc3nc(SCc4ccccc4)nn32)cc1OCC. The van der Waals surface area contributed by atoms with Crippen molar-refractivity contribution in [2.24, 2.45) is 0 Å². The first kappa shape index (κ1) is 30.5. The van der Waals surface area contributed by atoms with Gasteiger partial charge >= 0.3 is 5.97 Å². The van der Waals surface area contributed by atoms with Gasteiger partial charge in [-0.25, -0.2) is 9.48 Å². The number of unbranched alkanes of at least 4 members (excludes halogenated alkanes) is 1. The fourth-order valence-corrected chi connectivity index (χ4v) is 6.71. The van der Waals surface area contributed by atoms with Gasteiger partial charge in [-0.2, -0.15) is 4.98 Å². The molecule has 1 N–H and O–H groups in total. The third-order valence-corrected chi connectivity index (χ3v) is 8.98. The molecule has 10 heteroatoms. The van der Waals surface area contributed by atoms with Crippen LogP contribution in [0.2, 0.25) is 0 Å². The van der Waals surface area contributed by atoms with Crippen molar-refractivity contribution in [1.29, 1.82) is 0 Å². The minimum atomic E-state index is -0.559. The van der Waals surface area contributed by atoms with Crippen molar-refractivity contribution in [3.05, 3.63) is 69.3 Å². The van der Waals surface area contributed by atoms with E-state index < -0.39 is 6.04 Å². The summed E-state index contributed by atoms with van der Waals surface area (Å²) in [6, 6.07) is 13.6. The lowest BCUT2D eigenvalue weighted by atomic mass is 9.94. The molecule has 5 rings (SSSR count). The third-order valence-electron chi connectivity index (χ3n) is 7.48. The summed E-state index contributed by atoms with van der Waals surface area (Å²) in [5.74, 6) is 2.28. The quantitative estimate of drug-likeness (QED) is 0.119. The van der Waals surface area contributed by atoms with Crippen LogP contribution in [-0.2, 0) is 15.3 Å². The van der Waals surface area contributed by atoms with E-state index in [0.29, 0.717) is 47.1 Å². The second-order valence-electron chi connectivity index (χ2n) is 10.6. The van der Waals surface area contributed by atoms with Crippen molar-refractivity contribution in [2.75, 3.05) is 18.5 Å². The number of benzene rings is 2. The van der Waals surface area contributed by atoms with Gasteiger partial charge < -0.3 is 19.5 Å². The first-order valence-corrected chi connectivity index (χ1v) is 16.7. The first-order chi connectivity index (χ1) is 20.5. The number of thioether (sulfide) groups is 1. The smallest absolute Gasteiger partial charge is 0.338 e. The molecule has 1 aliphatic carbocycles. The Kier molecular flexibility index (Phi) is 10.5. The summed E-state index contributed by atoms with van der Waals surface area (Å²) < 4.78 is 20.8. The number of hydrogen-bond acceptors (Lipinski definition) is 8. The van der Waals surface area contributed by atoms with Crippen molar-refractivity contribution in [2.45, 2.75) is 88.8 Å². The van der Waals surface area contributed by atoms with E-state index in [2.05, 4.69) is 40.3 Å². The Bertz CT molecular complexity index is 1400. The standard InChI is InChI=1S/C32H39BrN4O4S/c1-4-6-17-40-29-25(33)18-23(19-26(29)39-5-2)28-27(30(38)41-24-15-11-8-12-16-24)21(3)34-31-35-32(36-37(28)31)42-20-22-13-9-7-10-14-22/h7,9-10,13-14,18-19,24,28H,4-6,8,11-12,15-17,20H2,1-3H3,(H,34,35,36). The number of fused-ring (bicyclic) bond motifs is 1. The molecule has 42 heavy (non-hydrogen) atoms. The van der Waals surface area contributed by atoms with E-state index in [-0.39, 0.29) is 12.1 Å². The minimum absolute atomic E-state index is 0.0682. The van der Waals surface area contributed by atoms with Crippen LogP contribution in [0.15, 0.2) is 63.4 Å². The molecule has 0 saturated heterocycles. The predicted octanol–water partition coefficient (Wildman–Crippen LogP) is 8.08. The van der Waals surface area contributed by atoms with Crippen LogP contribution in [0, 0.1) is 0 Å². The van der Waals surface area contributed by atoms with Gasteiger partial charge in [-0.15, -0.1) is 5.10 Å². The molecule has 2 aliphatic rings. The van der Waals surface area contributed by atoms with Crippen LogP contribution in [-0.4, -0.2) is 40.1 Å². The molecule has 2 aromatic carbocycles. The van der Waals surface area contributed by atoms with Gasteiger partial charge in [-0.1, -0.05) is 61.9 Å². The monoisotopic (exact) mass is 654 g/mol. The van der Waals surface area contributed by atoms with E-state index in [9.17, 15) is 4.79 Å². The molecule has 0 radical (unpaired) electrons. The largest absolute Gasteiger partial charge is 0.490 e. The molecule has 8 nitrogen and oxygen atoms in total. The summed E-state index contributed by atoms with van der Waals surface area (Å²) in [7, 11) is 0. The Morgan fingerprint density at radius 2 is 1.90 bits per heavy atom. The number of halogens is 1. The first-order valence-electron chi connectivity index (χ1n) is 14.9. The van der Waals surface area contributed by atoms with Crippen molar-refractivity contribution in [1.82, 2.24) is 14.8 Å². The van der Waals surface area contributed by atoms with Gasteiger partial charge in [0.25, 0.3) is 0 Å². The molecule has 0 spiro atoms. The molecule has 2 heterocycles. The fraction of sp³-hybridized carbons (Fsp3) is 0.469. The number of carbonyl (C=O) groups is 1. The number of ether oxygens (including phenoxy) is 3. The van der Waals surface area contributed by atoms with Crippen molar-refractivity contribution < 1.29 is 19.0 Å². The predicted molar refractivity (Wildman–Crippen MR) is 169 cm³/mol. The van der Waals surface area contributed by atoms with Gasteiger partial charge in [-0.05, 0) is 85.1 Å². The normalized spacial score (nSPS) is 17.0. The Hall–Kier alpha value is -2.98. The number of allylic oxidation sites excluding steroid dienone is 1. The Labute approximate surface area is 260 Å². The number of esters is 1. The highest BCUT2D eigenvalue weighted by Crippen LogP contribution is 2.44. The van der Waals surface area contributed by atoms with Gasteiger partial charge in [0.15, 0.2) is 11.5 Å². The van der Waals surface area contributed by atoms with Gasteiger partial charge in [0, 0.05) is 11.4 Å². The van der Waals surface area contributed by atoms with Crippen molar-refractivity contribution >= 4 is 39.6 Å². The molecular formula is C32H39BrN4O4S. The van der Waals surface area contributed by atoms with Crippen molar-refractivity contribution in [3.8, 4) is 11.5 Å². The average molecular weight is 656 g/mol. The molecule has 3 aromatic rings. The number of carbonyl (C=O) groups excluding carboxylic acids is 1. The van der Waals surface area contributed by atoms with E-state index in [0.717, 1.165) is 54.3 Å². The van der Waals surface area contributed by atoms with Crippen LogP contribution in [0.3, 0.4) is 0 Å². The maximum Gasteiger partial charge on any atom is 0.338 e. The highest BCUT2D eigenvalue weighted by molar-refractivity contribution is 9.10. The van der Waals surface area contributed by atoms with Crippen LogP contribution in [0.1, 0.15) is 82.9 Å². The summed E-state index contributed by atoms with van der Waals surface area (Å²) in [6.07, 6.45) is 7.05. The number of nitrogens with one attached hydrogen (secondary N) is 1. The zero-order valence-electron chi connectivity index (χ0n) is 24.5. The Morgan fingerprint density at radius 1 is 1.12 bits per heavy atom. The minimum Gasteiger partial charge on any atom is -0.490 e. The number of hydrogen-bond donors (Lipinski definition) is 1. The van der Waals surface area contributed by atoms with Crippen LogP contribution < -0.4 is 14.8 Å². The van der Waals surface area contributed by atoms with Crippen LogP contribution in [0.5, 0.6) is 11.5 Å². The highest BCUT2D eigenvalue weighted by Gasteiger charge is 2.37. The lowest BCUT2D eigenvalue weighted by Crippen LogP contribution is -2.32. The third kappa shape index (κ3) is 7.14. The second kappa shape index (κ2) is 14.5. The van der Waals surface area contributed by atoms with Gasteiger partial charge in [0.05, 0.1) is 23.3 Å². The van der Waals surface area contributed by atoms with E-state index in [1.807, 2.05) is 44.2 Å². The summed E-state index contributed by atoms with van der Waals surface area (Å²) in [6.45, 7) is 7.05. The van der Waals surface area contributed by atoms with Crippen molar-refractivity contribution in [3.63, 3.8) is 0 Å². The zero-order chi connectivity index (χ0) is 29.5. The average Bonchev–Trinajstić information content (AvgIpc) is 3.40. The van der Waals surface area contributed by atoms with Crippen LogP contribution in [0.4, 0.5) is 5.95 Å². The Morgan fingerprint density at radius 3 is 2.64 bits per heavy atom. The Balaban J connectivity index is 1.53. The molecule has 1 atom stereocenters. The van der Waals surface area contributed by atoms with E-state index in [4.69, 9.17) is 24.3 Å².